The number of aryl methyl sites for hydroxylation is 1. The van der Waals surface area contributed by atoms with Crippen molar-refractivity contribution in [2.75, 3.05) is 0 Å². The third-order valence-electron chi connectivity index (χ3n) is 2.36. The molecule has 2 rings (SSSR count). The van der Waals surface area contributed by atoms with Crippen molar-refractivity contribution in [3.63, 3.8) is 0 Å². The molecule has 17 heavy (non-hydrogen) atoms. The zero-order valence-corrected chi connectivity index (χ0v) is 14.4. The number of halogens is 4. The maximum Gasteiger partial charge on any atom is 0.137 e. The van der Waals surface area contributed by atoms with Crippen LogP contribution in [0.5, 0.6) is 0 Å². The minimum absolute atomic E-state index is 0.0920. The van der Waals surface area contributed by atoms with E-state index in [9.17, 15) is 4.39 Å². The Morgan fingerprint density at radius 1 is 1.18 bits per heavy atom. The quantitative estimate of drug-likeness (QED) is 0.485. The van der Waals surface area contributed by atoms with E-state index in [1.54, 1.807) is 23.5 Å². The van der Waals surface area contributed by atoms with Gasteiger partial charge < -0.3 is 0 Å². The first kappa shape index (κ1) is 13.7. The van der Waals surface area contributed by atoms with Crippen molar-refractivity contribution in [1.82, 2.24) is 0 Å². The molecular formula is C12H8Br3FS. The molecule has 0 aliphatic heterocycles. The Morgan fingerprint density at radius 3 is 2.41 bits per heavy atom. The standard InChI is InChI=1S/C12H8Br3FS/c1-6-8(13)5-11(17-6)12(15)7-2-3-10(16)9(14)4-7/h2-5,12H,1H3. The van der Waals surface area contributed by atoms with E-state index in [2.05, 4.69) is 60.8 Å². The summed E-state index contributed by atoms with van der Waals surface area (Å²) in [5.41, 5.74) is 1.03. The summed E-state index contributed by atoms with van der Waals surface area (Å²) in [5, 5.41) is 0. The van der Waals surface area contributed by atoms with Crippen LogP contribution in [0.15, 0.2) is 33.2 Å². The van der Waals surface area contributed by atoms with Crippen LogP contribution in [0.25, 0.3) is 0 Å². The molecule has 0 spiro atoms. The second-order valence-electron chi connectivity index (χ2n) is 3.59. The lowest BCUT2D eigenvalue weighted by Crippen LogP contribution is -1.90. The molecule has 1 atom stereocenters. The average Bonchev–Trinajstić information content (AvgIpc) is 2.62. The van der Waals surface area contributed by atoms with Gasteiger partial charge in [-0.15, -0.1) is 11.3 Å². The van der Waals surface area contributed by atoms with Gasteiger partial charge in [-0.05, 0) is 62.5 Å². The fraction of sp³-hybridized carbons (Fsp3) is 0.167. The summed E-state index contributed by atoms with van der Waals surface area (Å²) in [7, 11) is 0. The first-order valence-electron chi connectivity index (χ1n) is 4.84. The van der Waals surface area contributed by atoms with E-state index < -0.39 is 0 Å². The number of hydrogen-bond donors (Lipinski definition) is 0. The third-order valence-corrected chi connectivity index (χ3v) is 6.50. The molecule has 0 N–H and O–H groups in total. The Balaban J connectivity index is 2.36. The molecule has 1 aromatic carbocycles. The normalized spacial score (nSPS) is 12.8. The molecule has 1 unspecified atom stereocenters. The van der Waals surface area contributed by atoms with E-state index in [0.29, 0.717) is 4.47 Å². The molecule has 0 nitrogen and oxygen atoms in total. The summed E-state index contributed by atoms with van der Waals surface area (Å²) in [4.78, 5) is 2.54. The SMILES string of the molecule is Cc1sc(C(Br)c2ccc(F)c(Br)c2)cc1Br. The predicted octanol–water partition coefficient (Wildman–Crippen LogP) is 6.20. The molecule has 0 saturated heterocycles. The zero-order valence-electron chi connectivity index (χ0n) is 8.81. The van der Waals surface area contributed by atoms with E-state index >= 15 is 0 Å². The van der Waals surface area contributed by atoms with Crippen LogP contribution in [0.2, 0.25) is 0 Å². The fourth-order valence-electron chi connectivity index (χ4n) is 1.44. The molecule has 5 heteroatoms. The molecule has 2 aromatic rings. The van der Waals surface area contributed by atoms with Crippen LogP contribution >= 0.6 is 59.1 Å². The first-order chi connectivity index (χ1) is 7.99. The highest BCUT2D eigenvalue weighted by Crippen LogP contribution is 2.39. The van der Waals surface area contributed by atoms with Crippen molar-refractivity contribution in [2.24, 2.45) is 0 Å². The van der Waals surface area contributed by atoms with Crippen molar-refractivity contribution in [1.29, 1.82) is 0 Å². The Morgan fingerprint density at radius 2 is 1.88 bits per heavy atom. The zero-order chi connectivity index (χ0) is 12.6. The maximum atomic E-state index is 13.2. The molecular weight excluding hydrogens is 435 g/mol. The third kappa shape index (κ3) is 3.00. The topological polar surface area (TPSA) is 0 Å². The maximum absolute atomic E-state index is 13.2. The highest BCUT2D eigenvalue weighted by atomic mass is 79.9. The lowest BCUT2D eigenvalue weighted by atomic mass is 10.1. The molecule has 0 fully saturated rings. The Labute approximate surface area is 129 Å². The van der Waals surface area contributed by atoms with E-state index in [-0.39, 0.29) is 10.6 Å². The van der Waals surface area contributed by atoms with Gasteiger partial charge >= 0.3 is 0 Å². The van der Waals surface area contributed by atoms with Gasteiger partial charge in [-0.2, -0.15) is 0 Å². The lowest BCUT2D eigenvalue weighted by molar-refractivity contribution is 0.620. The smallest absolute Gasteiger partial charge is 0.137 e. The summed E-state index contributed by atoms with van der Waals surface area (Å²) in [6.07, 6.45) is 0. The molecule has 0 radical (unpaired) electrons. The summed E-state index contributed by atoms with van der Waals surface area (Å²) in [6, 6.07) is 7.17. The van der Waals surface area contributed by atoms with Gasteiger partial charge in [0.25, 0.3) is 0 Å². The van der Waals surface area contributed by atoms with Gasteiger partial charge in [0, 0.05) is 14.2 Å². The predicted molar refractivity (Wildman–Crippen MR) is 81.6 cm³/mol. The van der Waals surface area contributed by atoms with Crippen LogP contribution in [0, 0.1) is 12.7 Å². The highest BCUT2D eigenvalue weighted by Gasteiger charge is 2.15. The van der Waals surface area contributed by atoms with E-state index in [1.807, 2.05) is 0 Å². The fourth-order valence-corrected chi connectivity index (χ4v) is 4.10. The second kappa shape index (κ2) is 5.51. The summed E-state index contributed by atoms with van der Waals surface area (Å²) in [6.45, 7) is 2.07. The number of alkyl halides is 1. The number of benzene rings is 1. The van der Waals surface area contributed by atoms with Gasteiger partial charge in [0.05, 0.1) is 9.30 Å². The minimum atomic E-state index is -0.239. The number of hydrogen-bond acceptors (Lipinski definition) is 1. The summed E-state index contributed by atoms with van der Waals surface area (Å²) < 4.78 is 14.8. The van der Waals surface area contributed by atoms with Crippen LogP contribution < -0.4 is 0 Å². The van der Waals surface area contributed by atoms with Gasteiger partial charge in [0.15, 0.2) is 0 Å². The minimum Gasteiger partial charge on any atom is -0.206 e. The van der Waals surface area contributed by atoms with Crippen molar-refractivity contribution in [3.05, 3.63) is 54.3 Å². The molecule has 1 aromatic heterocycles. The Hall–Kier alpha value is 0.290. The van der Waals surface area contributed by atoms with Gasteiger partial charge in [-0.25, -0.2) is 4.39 Å². The average molecular weight is 443 g/mol. The van der Waals surface area contributed by atoms with Gasteiger partial charge in [0.1, 0.15) is 5.82 Å². The molecule has 90 valence electrons. The van der Waals surface area contributed by atoms with Crippen LogP contribution in [0.1, 0.15) is 20.1 Å². The molecule has 0 bridgehead atoms. The van der Waals surface area contributed by atoms with Crippen molar-refractivity contribution in [3.8, 4) is 0 Å². The Kier molecular flexibility index (Phi) is 4.45. The van der Waals surface area contributed by atoms with Crippen LogP contribution in [-0.2, 0) is 0 Å². The molecule has 0 aliphatic carbocycles. The van der Waals surface area contributed by atoms with E-state index in [0.717, 1.165) is 10.0 Å². The Bertz CT molecular complexity index is 531. The number of thiophene rings is 1. The van der Waals surface area contributed by atoms with Crippen molar-refractivity contribution >= 4 is 59.1 Å². The van der Waals surface area contributed by atoms with Gasteiger partial charge in [-0.1, -0.05) is 22.0 Å². The second-order valence-corrected chi connectivity index (χ2v) is 7.50. The van der Waals surface area contributed by atoms with Crippen LogP contribution in [0.3, 0.4) is 0 Å². The molecule has 0 aliphatic rings. The van der Waals surface area contributed by atoms with E-state index in [4.69, 9.17) is 0 Å². The largest absolute Gasteiger partial charge is 0.206 e. The molecule has 0 amide bonds. The lowest BCUT2D eigenvalue weighted by Gasteiger charge is -2.08. The first-order valence-corrected chi connectivity index (χ1v) is 8.15. The highest BCUT2D eigenvalue weighted by molar-refractivity contribution is 9.11. The van der Waals surface area contributed by atoms with Gasteiger partial charge in [-0.3, -0.25) is 0 Å². The van der Waals surface area contributed by atoms with Crippen molar-refractivity contribution < 1.29 is 4.39 Å². The van der Waals surface area contributed by atoms with Crippen LogP contribution in [-0.4, -0.2) is 0 Å². The van der Waals surface area contributed by atoms with Gasteiger partial charge in [0.2, 0.25) is 0 Å². The molecule has 0 saturated carbocycles. The summed E-state index contributed by atoms with van der Waals surface area (Å²) in [5.74, 6) is -0.239. The van der Waals surface area contributed by atoms with Crippen LogP contribution in [0.4, 0.5) is 4.39 Å². The molecule has 1 heterocycles. The number of rotatable bonds is 2. The van der Waals surface area contributed by atoms with E-state index in [1.165, 1.54) is 15.8 Å². The monoisotopic (exact) mass is 440 g/mol. The van der Waals surface area contributed by atoms with Crippen molar-refractivity contribution in [2.45, 2.75) is 11.8 Å². The summed E-state index contributed by atoms with van der Waals surface area (Å²) >= 11 is 12.1.